The second-order valence-electron chi connectivity index (χ2n) is 5.38. The molecule has 2 N–H and O–H groups in total. The van der Waals surface area contributed by atoms with Crippen molar-refractivity contribution in [2.75, 3.05) is 7.11 Å². The fraction of sp³-hybridized carbons (Fsp3) is 0.111. The zero-order chi connectivity index (χ0) is 18.0. The SMILES string of the molecule is COc1ccc2[nH]c(=O)c(CNC(=O)c3ccc(Cl)cc3Cl)cc2c1. The molecule has 0 atom stereocenters. The average Bonchev–Trinajstić information content (AvgIpc) is 2.59. The first-order valence-corrected chi connectivity index (χ1v) is 8.17. The number of amides is 1. The van der Waals surface area contributed by atoms with Crippen molar-refractivity contribution in [3.63, 3.8) is 0 Å². The minimum atomic E-state index is -0.383. The van der Waals surface area contributed by atoms with Crippen LogP contribution >= 0.6 is 23.2 Å². The largest absolute Gasteiger partial charge is 0.497 e. The molecule has 1 amide bonds. The van der Waals surface area contributed by atoms with E-state index in [0.29, 0.717) is 27.4 Å². The zero-order valence-electron chi connectivity index (χ0n) is 13.2. The fourth-order valence-corrected chi connectivity index (χ4v) is 2.93. The third-order valence-electron chi connectivity index (χ3n) is 3.74. The van der Waals surface area contributed by atoms with E-state index in [1.807, 2.05) is 6.07 Å². The van der Waals surface area contributed by atoms with E-state index < -0.39 is 0 Å². The molecule has 1 heterocycles. The van der Waals surface area contributed by atoms with Gasteiger partial charge in [0.1, 0.15) is 5.75 Å². The van der Waals surface area contributed by atoms with Gasteiger partial charge in [0.05, 0.1) is 17.7 Å². The predicted molar refractivity (Wildman–Crippen MR) is 98.8 cm³/mol. The van der Waals surface area contributed by atoms with Crippen LogP contribution in [0.3, 0.4) is 0 Å². The second-order valence-corrected chi connectivity index (χ2v) is 6.23. The number of H-pyrrole nitrogens is 1. The summed E-state index contributed by atoms with van der Waals surface area (Å²) in [6.45, 7) is 0.0697. The summed E-state index contributed by atoms with van der Waals surface area (Å²) in [4.78, 5) is 27.2. The standard InChI is InChI=1S/C18H14Cl2N2O3/c1-25-13-3-5-16-10(7-13)6-11(17(23)22-16)9-21-18(24)14-4-2-12(19)8-15(14)20/h2-8H,9H2,1H3,(H,21,24)(H,22,23). The topological polar surface area (TPSA) is 71.2 Å². The summed E-state index contributed by atoms with van der Waals surface area (Å²) in [5, 5.41) is 4.20. The minimum absolute atomic E-state index is 0.0697. The lowest BCUT2D eigenvalue weighted by Gasteiger charge is -2.08. The third kappa shape index (κ3) is 3.78. The maximum absolute atomic E-state index is 12.3. The van der Waals surface area contributed by atoms with Crippen molar-refractivity contribution in [3.8, 4) is 5.75 Å². The van der Waals surface area contributed by atoms with Gasteiger partial charge in [-0.1, -0.05) is 23.2 Å². The molecule has 7 heteroatoms. The second kappa shape index (κ2) is 7.17. The fourth-order valence-electron chi connectivity index (χ4n) is 2.43. The lowest BCUT2D eigenvalue weighted by Crippen LogP contribution is -2.26. The molecule has 0 spiro atoms. The summed E-state index contributed by atoms with van der Waals surface area (Å²) in [7, 11) is 1.57. The van der Waals surface area contributed by atoms with Crippen LogP contribution < -0.4 is 15.6 Å². The predicted octanol–water partition coefficient (Wildman–Crippen LogP) is 3.77. The van der Waals surface area contributed by atoms with E-state index in [2.05, 4.69) is 10.3 Å². The van der Waals surface area contributed by atoms with Gasteiger partial charge in [-0.2, -0.15) is 0 Å². The van der Waals surface area contributed by atoms with Crippen LogP contribution in [0, 0.1) is 0 Å². The molecule has 0 saturated carbocycles. The van der Waals surface area contributed by atoms with Gasteiger partial charge in [0.25, 0.3) is 11.5 Å². The van der Waals surface area contributed by atoms with Crippen molar-refractivity contribution in [3.05, 3.63) is 74.0 Å². The molecule has 0 aliphatic rings. The van der Waals surface area contributed by atoms with E-state index in [-0.39, 0.29) is 23.0 Å². The first-order valence-electron chi connectivity index (χ1n) is 7.41. The lowest BCUT2D eigenvalue weighted by atomic mass is 10.1. The highest BCUT2D eigenvalue weighted by atomic mass is 35.5. The van der Waals surface area contributed by atoms with Gasteiger partial charge < -0.3 is 15.0 Å². The van der Waals surface area contributed by atoms with Gasteiger partial charge in [-0.25, -0.2) is 0 Å². The molecule has 0 saturated heterocycles. The molecule has 3 aromatic rings. The number of benzene rings is 2. The van der Waals surface area contributed by atoms with Crippen LogP contribution in [0.5, 0.6) is 5.75 Å². The number of halogens is 2. The van der Waals surface area contributed by atoms with Gasteiger partial charge in [0.2, 0.25) is 0 Å². The average molecular weight is 377 g/mol. The Morgan fingerprint density at radius 1 is 1.16 bits per heavy atom. The summed E-state index contributed by atoms with van der Waals surface area (Å²) < 4.78 is 5.18. The molecule has 2 aromatic carbocycles. The number of carbonyl (C=O) groups is 1. The van der Waals surface area contributed by atoms with Crippen LogP contribution in [0.15, 0.2) is 47.3 Å². The van der Waals surface area contributed by atoms with Crippen molar-refractivity contribution in [1.82, 2.24) is 10.3 Å². The van der Waals surface area contributed by atoms with Gasteiger partial charge in [0, 0.05) is 28.0 Å². The van der Waals surface area contributed by atoms with E-state index in [9.17, 15) is 9.59 Å². The first-order chi connectivity index (χ1) is 12.0. The molecule has 0 radical (unpaired) electrons. The van der Waals surface area contributed by atoms with Crippen molar-refractivity contribution in [2.45, 2.75) is 6.54 Å². The Bertz CT molecular complexity index is 1010. The normalized spacial score (nSPS) is 10.7. The van der Waals surface area contributed by atoms with E-state index in [0.717, 1.165) is 5.39 Å². The first kappa shape index (κ1) is 17.3. The van der Waals surface area contributed by atoms with Crippen LogP contribution in [0.25, 0.3) is 10.9 Å². The third-order valence-corrected chi connectivity index (χ3v) is 4.29. The summed E-state index contributed by atoms with van der Waals surface area (Å²) in [6, 6.07) is 11.7. The number of ether oxygens (including phenoxy) is 1. The molecule has 0 aliphatic heterocycles. The summed E-state index contributed by atoms with van der Waals surface area (Å²) >= 11 is 11.8. The number of hydrogen-bond acceptors (Lipinski definition) is 3. The number of aromatic amines is 1. The molecular weight excluding hydrogens is 363 g/mol. The minimum Gasteiger partial charge on any atom is -0.497 e. The molecule has 0 unspecified atom stereocenters. The Kier molecular flexibility index (Phi) is 4.97. The van der Waals surface area contributed by atoms with E-state index in [1.54, 1.807) is 31.4 Å². The highest BCUT2D eigenvalue weighted by Crippen LogP contribution is 2.21. The van der Waals surface area contributed by atoms with Crippen LogP contribution in [-0.2, 0) is 6.54 Å². The smallest absolute Gasteiger partial charge is 0.253 e. The molecule has 0 aliphatic carbocycles. The molecule has 0 bridgehead atoms. The summed E-state index contributed by atoms with van der Waals surface area (Å²) in [5.74, 6) is 0.300. The van der Waals surface area contributed by atoms with Crippen molar-refractivity contribution >= 4 is 40.0 Å². The monoisotopic (exact) mass is 376 g/mol. The Hall–Kier alpha value is -2.50. The molecule has 1 aromatic heterocycles. The van der Waals surface area contributed by atoms with Crippen molar-refractivity contribution in [2.24, 2.45) is 0 Å². The Morgan fingerprint density at radius 2 is 1.96 bits per heavy atom. The van der Waals surface area contributed by atoms with Gasteiger partial charge in [-0.15, -0.1) is 0 Å². The molecule has 0 fully saturated rings. The van der Waals surface area contributed by atoms with E-state index in [1.165, 1.54) is 12.1 Å². The maximum atomic E-state index is 12.3. The molecular formula is C18H14Cl2N2O3. The molecule has 25 heavy (non-hydrogen) atoms. The number of fused-ring (bicyclic) bond motifs is 1. The highest BCUT2D eigenvalue weighted by Gasteiger charge is 2.12. The molecule has 128 valence electrons. The number of nitrogens with one attached hydrogen (secondary N) is 2. The number of hydrogen-bond donors (Lipinski definition) is 2. The number of carbonyl (C=O) groups excluding carboxylic acids is 1. The van der Waals surface area contributed by atoms with Crippen LogP contribution in [0.4, 0.5) is 0 Å². The van der Waals surface area contributed by atoms with Crippen LogP contribution in [0.1, 0.15) is 15.9 Å². The Morgan fingerprint density at radius 3 is 2.68 bits per heavy atom. The van der Waals surface area contributed by atoms with Gasteiger partial charge in [-0.3, -0.25) is 9.59 Å². The zero-order valence-corrected chi connectivity index (χ0v) is 14.7. The number of methoxy groups -OCH3 is 1. The van der Waals surface area contributed by atoms with Crippen LogP contribution in [-0.4, -0.2) is 18.0 Å². The number of aromatic nitrogens is 1. The quantitative estimate of drug-likeness (QED) is 0.727. The Labute approximate surface area is 153 Å². The number of rotatable bonds is 4. The van der Waals surface area contributed by atoms with E-state index in [4.69, 9.17) is 27.9 Å². The highest BCUT2D eigenvalue weighted by molar-refractivity contribution is 6.36. The van der Waals surface area contributed by atoms with Crippen LogP contribution in [0.2, 0.25) is 10.0 Å². The lowest BCUT2D eigenvalue weighted by molar-refractivity contribution is 0.0951. The summed E-state index contributed by atoms with van der Waals surface area (Å²) in [6.07, 6.45) is 0. The molecule has 5 nitrogen and oxygen atoms in total. The van der Waals surface area contributed by atoms with Gasteiger partial charge in [-0.05, 0) is 42.5 Å². The summed E-state index contributed by atoms with van der Waals surface area (Å²) in [5.41, 5.74) is 1.16. The maximum Gasteiger partial charge on any atom is 0.253 e. The van der Waals surface area contributed by atoms with Gasteiger partial charge >= 0.3 is 0 Å². The molecule has 3 rings (SSSR count). The Balaban J connectivity index is 1.83. The van der Waals surface area contributed by atoms with E-state index >= 15 is 0 Å². The van der Waals surface area contributed by atoms with Crippen molar-refractivity contribution < 1.29 is 9.53 Å². The van der Waals surface area contributed by atoms with Crippen molar-refractivity contribution in [1.29, 1.82) is 0 Å². The number of pyridine rings is 1. The van der Waals surface area contributed by atoms with Gasteiger partial charge in [0.15, 0.2) is 0 Å².